The molecule has 0 unspecified atom stereocenters. The first-order chi connectivity index (χ1) is 17.8. The molecule has 0 radical (unpaired) electrons. The molecule has 0 spiro atoms. The van der Waals surface area contributed by atoms with Crippen molar-refractivity contribution in [2.24, 2.45) is 17.8 Å². The highest BCUT2D eigenvalue weighted by molar-refractivity contribution is 9.10. The van der Waals surface area contributed by atoms with E-state index in [1.54, 1.807) is 23.5 Å². The summed E-state index contributed by atoms with van der Waals surface area (Å²) in [6.45, 7) is 4.43. The first-order valence-electron chi connectivity index (χ1n) is 12.9. The van der Waals surface area contributed by atoms with Gasteiger partial charge in [-0.1, -0.05) is 46.1 Å². The maximum absolute atomic E-state index is 13.6. The first kappa shape index (κ1) is 26.4. The number of imide groups is 1. The number of likely N-dealkylation sites (tertiary alicyclic amines) is 1. The molecule has 2 saturated heterocycles. The number of nitrogens with zero attached hydrogens (tertiary/aromatic N) is 1. The lowest BCUT2D eigenvalue weighted by atomic mass is 9.58. The van der Waals surface area contributed by atoms with E-state index in [9.17, 15) is 19.7 Å². The summed E-state index contributed by atoms with van der Waals surface area (Å²) >= 11 is 5.00. The molecule has 5 rings (SSSR count). The number of amides is 2. The van der Waals surface area contributed by atoms with Crippen molar-refractivity contribution >= 4 is 52.3 Å². The molecule has 1 aromatic heterocycles. The van der Waals surface area contributed by atoms with Crippen molar-refractivity contribution in [1.82, 2.24) is 4.90 Å². The summed E-state index contributed by atoms with van der Waals surface area (Å²) in [4.78, 5) is 29.4. The molecule has 3 aliphatic rings. The van der Waals surface area contributed by atoms with Gasteiger partial charge >= 0.3 is 7.12 Å². The van der Waals surface area contributed by atoms with Gasteiger partial charge < -0.3 is 14.8 Å². The lowest BCUT2D eigenvalue weighted by molar-refractivity contribution is -0.140. The number of hydrogen-bond acceptors (Lipinski definition) is 6. The molecule has 9 heteroatoms. The number of carbonyl (C=O) groups excluding carboxylic acids is 2. The van der Waals surface area contributed by atoms with Crippen molar-refractivity contribution in [1.29, 1.82) is 0 Å². The fraction of sp³-hybridized carbons (Fsp3) is 0.429. The zero-order valence-corrected chi connectivity index (χ0v) is 23.4. The van der Waals surface area contributed by atoms with Crippen molar-refractivity contribution in [2.45, 2.75) is 58.5 Å². The molecule has 37 heavy (non-hydrogen) atoms. The van der Waals surface area contributed by atoms with E-state index >= 15 is 0 Å². The third-order valence-corrected chi connectivity index (χ3v) is 9.27. The zero-order chi connectivity index (χ0) is 26.3. The van der Waals surface area contributed by atoms with Gasteiger partial charge in [-0.3, -0.25) is 14.5 Å². The topological polar surface area (TPSA) is 87.1 Å². The molecule has 1 aromatic carbocycles. The summed E-state index contributed by atoms with van der Waals surface area (Å²) < 4.78 is 6.95. The Morgan fingerprint density at radius 3 is 2.81 bits per heavy atom. The van der Waals surface area contributed by atoms with Gasteiger partial charge in [-0.25, -0.2) is 0 Å². The standard InChI is InChI=1S/C28H31BBrNO5S/c1-3-17-13-21-26(28(34)31(27(21)33)15-20-5-4-10-37-20)22-14-29(35)36-24(25(17)22)9-6-16(2)11-18-12-19(30)7-8-23(18)32/h4-5,7-8,10-12,21-22,24,26,32,35H,3,6,9,13-15H2,1-2H3/b16-11+/t21-,22+,24-,26-/m1/s1. The van der Waals surface area contributed by atoms with Crippen molar-refractivity contribution in [2.75, 3.05) is 0 Å². The zero-order valence-electron chi connectivity index (χ0n) is 21.0. The molecule has 2 aliphatic heterocycles. The van der Waals surface area contributed by atoms with E-state index in [0.717, 1.165) is 32.5 Å². The molecule has 3 heterocycles. The molecule has 1 aliphatic carbocycles. The number of rotatable bonds is 7. The highest BCUT2D eigenvalue weighted by atomic mass is 79.9. The fourth-order valence-corrected chi connectivity index (χ4v) is 7.29. The molecular weight excluding hydrogens is 553 g/mol. The minimum Gasteiger partial charge on any atom is -0.507 e. The monoisotopic (exact) mass is 583 g/mol. The van der Waals surface area contributed by atoms with Gasteiger partial charge in [0.05, 0.1) is 24.5 Å². The fourth-order valence-electron chi connectivity index (χ4n) is 6.22. The predicted molar refractivity (Wildman–Crippen MR) is 149 cm³/mol. The normalized spacial score (nSPS) is 26.1. The van der Waals surface area contributed by atoms with E-state index in [4.69, 9.17) is 4.65 Å². The SMILES string of the molecule is CCC1=C2[C@@H](CC/C(C)=C/c3cc(Br)ccc3O)OB(O)C[C@@H]2[C@@H]2C(=O)N(Cc3cccs3)C(=O)[C@@H]2C1. The van der Waals surface area contributed by atoms with E-state index in [0.29, 0.717) is 32.1 Å². The number of benzene rings is 1. The van der Waals surface area contributed by atoms with Crippen LogP contribution in [0.4, 0.5) is 0 Å². The second-order valence-corrected chi connectivity index (χ2v) is 12.2. The number of thiophene rings is 1. The number of halogens is 1. The lowest BCUT2D eigenvalue weighted by Crippen LogP contribution is -2.46. The molecule has 2 aromatic rings. The van der Waals surface area contributed by atoms with Gasteiger partial charge in [-0.2, -0.15) is 0 Å². The molecule has 194 valence electrons. The van der Waals surface area contributed by atoms with Crippen molar-refractivity contribution in [3.05, 3.63) is 67.3 Å². The van der Waals surface area contributed by atoms with Crippen LogP contribution in [0.3, 0.4) is 0 Å². The Balaban J connectivity index is 1.38. The Bertz CT molecular complexity index is 1260. The lowest BCUT2D eigenvalue weighted by Gasteiger charge is -2.43. The van der Waals surface area contributed by atoms with Gasteiger partial charge in [0.2, 0.25) is 11.8 Å². The van der Waals surface area contributed by atoms with Gasteiger partial charge in [-0.15, -0.1) is 11.3 Å². The van der Waals surface area contributed by atoms with Crippen LogP contribution in [0.2, 0.25) is 6.32 Å². The summed E-state index contributed by atoms with van der Waals surface area (Å²) in [5.74, 6) is -0.964. The average Bonchev–Trinajstić information content (AvgIpc) is 3.47. The quantitative estimate of drug-likeness (QED) is 0.244. The maximum Gasteiger partial charge on any atom is 0.455 e. The predicted octanol–water partition coefficient (Wildman–Crippen LogP) is 5.81. The van der Waals surface area contributed by atoms with Crippen LogP contribution in [-0.4, -0.2) is 40.1 Å². The van der Waals surface area contributed by atoms with Crippen LogP contribution in [0.5, 0.6) is 5.75 Å². The number of fused-ring (bicyclic) bond motifs is 3. The summed E-state index contributed by atoms with van der Waals surface area (Å²) in [5, 5.41) is 22.8. The van der Waals surface area contributed by atoms with Crippen molar-refractivity contribution in [3.8, 4) is 5.75 Å². The number of hydrogen-bond donors (Lipinski definition) is 2. The van der Waals surface area contributed by atoms with E-state index in [1.807, 2.05) is 36.6 Å². The van der Waals surface area contributed by atoms with Gasteiger partial charge in [0.1, 0.15) is 5.75 Å². The Morgan fingerprint density at radius 1 is 1.27 bits per heavy atom. The molecule has 2 fully saturated rings. The summed E-state index contributed by atoms with van der Waals surface area (Å²) in [7, 11) is -0.969. The minimum atomic E-state index is -0.969. The van der Waals surface area contributed by atoms with Crippen LogP contribution >= 0.6 is 27.3 Å². The van der Waals surface area contributed by atoms with Crippen LogP contribution in [0.1, 0.15) is 50.0 Å². The van der Waals surface area contributed by atoms with Crippen LogP contribution in [0.25, 0.3) is 6.08 Å². The van der Waals surface area contributed by atoms with Gasteiger partial charge in [0.15, 0.2) is 0 Å². The van der Waals surface area contributed by atoms with E-state index < -0.39 is 13.0 Å². The van der Waals surface area contributed by atoms with Crippen LogP contribution < -0.4 is 0 Å². The third kappa shape index (κ3) is 5.24. The summed E-state index contributed by atoms with van der Waals surface area (Å²) in [6.07, 6.45) is 4.73. The molecule has 6 nitrogen and oxygen atoms in total. The first-order valence-corrected chi connectivity index (χ1v) is 14.5. The number of carbonyl (C=O) groups is 2. The Morgan fingerprint density at radius 2 is 2.08 bits per heavy atom. The number of allylic oxidation sites excluding steroid dienone is 2. The van der Waals surface area contributed by atoms with Gasteiger partial charge in [0.25, 0.3) is 0 Å². The second kappa shape index (κ2) is 10.9. The minimum absolute atomic E-state index is 0.0847. The number of phenolic OH excluding ortho intramolecular Hbond substituents is 1. The Hall–Kier alpha value is -2.20. The highest BCUT2D eigenvalue weighted by Crippen LogP contribution is 2.51. The van der Waals surface area contributed by atoms with Gasteiger partial charge in [0, 0.05) is 14.9 Å². The van der Waals surface area contributed by atoms with E-state index in [1.165, 1.54) is 10.5 Å². The third-order valence-electron chi connectivity index (χ3n) is 7.91. The van der Waals surface area contributed by atoms with E-state index in [2.05, 4.69) is 22.9 Å². The molecule has 0 bridgehead atoms. The number of phenols is 1. The van der Waals surface area contributed by atoms with Crippen LogP contribution in [0, 0.1) is 17.8 Å². The van der Waals surface area contributed by atoms with Crippen LogP contribution in [-0.2, 0) is 20.8 Å². The molecule has 0 saturated carbocycles. The Kier molecular flexibility index (Phi) is 7.77. The Labute approximate surface area is 230 Å². The smallest absolute Gasteiger partial charge is 0.455 e. The highest BCUT2D eigenvalue weighted by Gasteiger charge is 2.57. The van der Waals surface area contributed by atoms with Crippen molar-refractivity contribution in [3.63, 3.8) is 0 Å². The molecular formula is C28H31BBrNO5S. The summed E-state index contributed by atoms with van der Waals surface area (Å²) in [5.41, 5.74) is 4.12. The van der Waals surface area contributed by atoms with E-state index in [-0.39, 0.29) is 35.5 Å². The van der Waals surface area contributed by atoms with Gasteiger partial charge in [-0.05, 0) is 80.1 Å². The van der Waals surface area contributed by atoms with Crippen molar-refractivity contribution < 1.29 is 24.4 Å². The summed E-state index contributed by atoms with van der Waals surface area (Å²) in [6, 6.07) is 9.21. The maximum atomic E-state index is 13.6. The van der Waals surface area contributed by atoms with Crippen LogP contribution in [0.15, 0.2) is 56.9 Å². The molecule has 2 N–H and O–H groups in total. The molecule has 2 amide bonds. The average molecular weight is 584 g/mol. The largest absolute Gasteiger partial charge is 0.507 e. The second-order valence-electron chi connectivity index (χ2n) is 10.2. The number of aromatic hydroxyl groups is 1. The molecule has 4 atom stereocenters.